The van der Waals surface area contributed by atoms with Crippen LogP contribution in [0.3, 0.4) is 0 Å². The lowest BCUT2D eigenvalue weighted by atomic mass is 10.0. The number of rotatable bonds is 0. The summed E-state index contributed by atoms with van der Waals surface area (Å²) in [6.07, 6.45) is 5.48. The summed E-state index contributed by atoms with van der Waals surface area (Å²) in [6.45, 7) is 6.95. The molecular formula is C14H17BrSi. The zero-order valence-electron chi connectivity index (χ0n) is 10.2. The van der Waals surface area contributed by atoms with Crippen LogP contribution in [0, 0.1) is 38.5 Å². The average molecular weight is 293 g/mol. The Bertz CT molecular complexity index is 449. The van der Waals surface area contributed by atoms with Crippen LogP contribution >= 0.6 is 15.9 Å². The molecule has 3 rings (SSSR count). The predicted octanol–water partition coefficient (Wildman–Crippen LogP) is 3.78. The highest BCUT2D eigenvalue weighted by Crippen LogP contribution is 2.98. The first-order valence-electron chi connectivity index (χ1n) is 6.10. The van der Waals surface area contributed by atoms with Crippen LogP contribution in [-0.4, -0.2) is 8.07 Å². The highest BCUT2D eigenvalue weighted by Gasteiger charge is 2.95. The maximum absolute atomic E-state index is 3.62. The molecule has 0 nitrogen and oxygen atoms in total. The zero-order valence-corrected chi connectivity index (χ0v) is 12.8. The summed E-state index contributed by atoms with van der Waals surface area (Å²) >= 11 is 3.29. The lowest BCUT2D eigenvalue weighted by molar-refractivity contribution is 0.716. The number of halogens is 1. The normalized spacial score (nSPS) is 34.8. The Morgan fingerprint density at radius 1 is 0.938 bits per heavy atom. The van der Waals surface area contributed by atoms with Crippen molar-refractivity contribution in [3.8, 4) is 22.2 Å². The van der Waals surface area contributed by atoms with Gasteiger partial charge in [0.15, 0.2) is 0 Å². The third-order valence-electron chi connectivity index (χ3n) is 4.65. The van der Waals surface area contributed by atoms with Gasteiger partial charge in [0.1, 0.15) is 13.5 Å². The van der Waals surface area contributed by atoms with Gasteiger partial charge in [0.25, 0.3) is 0 Å². The Balaban J connectivity index is 2.00. The monoisotopic (exact) mass is 292 g/mol. The van der Waals surface area contributed by atoms with Crippen LogP contribution in [0.25, 0.3) is 0 Å². The van der Waals surface area contributed by atoms with Crippen molar-refractivity contribution < 1.29 is 0 Å². The van der Waals surface area contributed by atoms with E-state index >= 15 is 0 Å². The number of hydrogen-bond acceptors (Lipinski definition) is 0. The molecule has 0 saturated heterocycles. The molecule has 2 spiro atoms. The molecule has 0 radical (unpaired) electrons. The summed E-state index contributed by atoms with van der Waals surface area (Å²) in [4.78, 5) is 2.97. The smallest absolute Gasteiger partial charge is 0.129 e. The molecule has 3 saturated carbocycles. The largest absolute Gasteiger partial charge is 0.130 e. The van der Waals surface area contributed by atoms with E-state index in [4.69, 9.17) is 0 Å². The van der Waals surface area contributed by atoms with Crippen molar-refractivity contribution >= 4 is 24.0 Å². The Labute approximate surface area is 108 Å². The first kappa shape index (κ1) is 10.9. The van der Waals surface area contributed by atoms with Crippen molar-refractivity contribution in [1.82, 2.24) is 0 Å². The lowest BCUT2D eigenvalue weighted by Crippen LogP contribution is -2.17. The second kappa shape index (κ2) is 2.79. The summed E-state index contributed by atoms with van der Waals surface area (Å²) in [6, 6.07) is 0. The second-order valence-corrected chi connectivity index (χ2v) is 11.8. The Hall–Kier alpha value is -0.183. The van der Waals surface area contributed by atoms with E-state index in [1.807, 2.05) is 0 Å². The summed E-state index contributed by atoms with van der Waals surface area (Å²) in [5.74, 6) is 7.05. The molecule has 3 aliphatic rings. The van der Waals surface area contributed by atoms with Gasteiger partial charge in [0.2, 0.25) is 0 Å². The van der Waals surface area contributed by atoms with Gasteiger partial charge in [0.05, 0.1) is 0 Å². The van der Waals surface area contributed by atoms with Gasteiger partial charge in [0, 0.05) is 26.8 Å². The third-order valence-corrected chi connectivity index (χ3v) is 5.72. The van der Waals surface area contributed by atoms with Crippen molar-refractivity contribution in [3.63, 3.8) is 0 Å². The highest BCUT2D eigenvalue weighted by molar-refractivity contribution is 9.12. The van der Waals surface area contributed by atoms with Crippen LogP contribution in [0.4, 0.5) is 0 Å². The molecule has 0 aromatic carbocycles. The number of hydrogen-bond donors (Lipinski definition) is 0. The standard InChI is InChI=1S/C14H17BrSi/c1-16(2,3)11-9-14(8-10-15)12(4-5-12)13(14)6-7-13/h4-7H2,1-3H3. The SMILES string of the molecule is C[Si](C)(C)C#CC1(C#CBr)C2(CC2)C12CC2. The summed E-state index contributed by atoms with van der Waals surface area (Å²) < 4.78 is 0. The van der Waals surface area contributed by atoms with E-state index in [-0.39, 0.29) is 5.41 Å². The van der Waals surface area contributed by atoms with Crippen LogP contribution in [0.15, 0.2) is 0 Å². The summed E-state index contributed by atoms with van der Waals surface area (Å²) in [7, 11) is -1.27. The van der Waals surface area contributed by atoms with Crippen LogP contribution in [-0.2, 0) is 0 Å². The molecule has 0 heterocycles. The van der Waals surface area contributed by atoms with E-state index in [0.717, 1.165) is 0 Å². The minimum atomic E-state index is -1.27. The van der Waals surface area contributed by atoms with Gasteiger partial charge in [-0.1, -0.05) is 31.5 Å². The van der Waals surface area contributed by atoms with Gasteiger partial charge in [-0.2, -0.15) is 0 Å². The molecule has 2 heteroatoms. The van der Waals surface area contributed by atoms with E-state index < -0.39 is 8.07 Å². The molecule has 0 atom stereocenters. The van der Waals surface area contributed by atoms with E-state index in [1.165, 1.54) is 25.7 Å². The van der Waals surface area contributed by atoms with Crippen LogP contribution < -0.4 is 0 Å². The van der Waals surface area contributed by atoms with Gasteiger partial charge in [-0.3, -0.25) is 0 Å². The minimum absolute atomic E-state index is 0.0871. The van der Waals surface area contributed by atoms with E-state index in [2.05, 4.69) is 57.8 Å². The fraction of sp³-hybridized carbons (Fsp3) is 0.714. The topological polar surface area (TPSA) is 0 Å². The molecule has 0 amide bonds. The molecule has 0 unspecified atom stereocenters. The molecule has 0 aromatic rings. The van der Waals surface area contributed by atoms with Gasteiger partial charge >= 0.3 is 0 Å². The van der Waals surface area contributed by atoms with E-state index in [0.29, 0.717) is 10.8 Å². The van der Waals surface area contributed by atoms with Crippen LogP contribution in [0.5, 0.6) is 0 Å². The molecule has 16 heavy (non-hydrogen) atoms. The molecule has 0 N–H and O–H groups in total. The maximum Gasteiger partial charge on any atom is 0.129 e. The Kier molecular flexibility index (Phi) is 1.91. The van der Waals surface area contributed by atoms with Crippen molar-refractivity contribution in [2.24, 2.45) is 16.2 Å². The molecule has 84 valence electrons. The van der Waals surface area contributed by atoms with Crippen LogP contribution in [0.1, 0.15) is 25.7 Å². The third kappa shape index (κ3) is 1.08. The summed E-state index contributed by atoms with van der Waals surface area (Å²) in [5.41, 5.74) is 4.72. The Morgan fingerprint density at radius 2 is 1.44 bits per heavy atom. The van der Waals surface area contributed by atoms with Gasteiger partial charge < -0.3 is 0 Å². The molecule has 3 fully saturated rings. The van der Waals surface area contributed by atoms with Crippen molar-refractivity contribution in [2.75, 3.05) is 0 Å². The maximum atomic E-state index is 3.62. The molecule has 0 aliphatic heterocycles. The van der Waals surface area contributed by atoms with Gasteiger partial charge in [-0.05, 0) is 30.5 Å². The number of fused-ring (bicyclic) bond motifs is 1. The molecule has 3 aliphatic carbocycles. The van der Waals surface area contributed by atoms with Gasteiger partial charge in [-0.15, -0.1) is 5.54 Å². The molecular weight excluding hydrogens is 276 g/mol. The average Bonchev–Trinajstić information content (AvgIpc) is 2.99. The minimum Gasteiger partial charge on any atom is -0.130 e. The summed E-state index contributed by atoms with van der Waals surface area (Å²) in [5, 5.41) is 0. The van der Waals surface area contributed by atoms with Crippen LogP contribution in [0.2, 0.25) is 19.6 Å². The second-order valence-electron chi connectivity index (χ2n) is 6.63. The molecule has 0 bridgehead atoms. The van der Waals surface area contributed by atoms with Gasteiger partial charge in [-0.25, -0.2) is 0 Å². The zero-order chi connectivity index (χ0) is 11.7. The van der Waals surface area contributed by atoms with E-state index in [9.17, 15) is 0 Å². The first-order chi connectivity index (χ1) is 7.43. The fourth-order valence-electron chi connectivity index (χ4n) is 3.66. The van der Waals surface area contributed by atoms with Crippen molar-refractivity contribution in [1.29, 1.82) is 0 Å². The van der Waals surface area contributed by atoms with Crippen molar-refractivity contribution in [3.05, 3.63) is 0 Å². The van der Waals surface area contributed by atoms with E-state index in [1.54, 1.807) is 0 Å². The quantitative estimate of drug-likeness (QED) is 0.471. The van der Waals surface area contributed by atoms with Crippen molar-refractivity contribution in [2.45, 2.75) is 45.3 Å². The first-order valence-corrected chi connectivity index (χ1v) is 10.4. The predicted molar refractivity (Wildman–Crippen MR) is 73.6 cm³/mol. The Morgan fingerprint density at radius 3 is 1.75 bits per heavy atom. The fourth-order valence-corrected chi connectivity index (χ4v) is 4.52. The molecule has 0 aromatic heterocycles. The lowest BCUT2D eigenvalue weighted by Gasteiger charge is -2.06. The highest BCUT2D eigenvalue weighted by atomic mass is 79.9.